The van der Waals surface area contributed by atoms with Crippen LogP contribution in [-0.4, -0.2) is 56.4 Å². The van der Waals surface area contributed by atoms with Gasteiger partial charge in [-0.3, -0.25) is 0 Å². The lowest BCUT2D eigenvalue weighted by Crippen LogP contribution is -2.42. The first kappa shape index (κ1) is 18.2. The number of nitrogens with zero attached hydrogens (tertiary/aromatic N) is 2. The first-order valence-electron chi connectivity index (χ1n) is 8.10. The van der Waals surface area contributed by atoms with Crippen LogP contribution in [0.1, 0.15) is 31.6 Å². The predicted molar refractivity (Wildman–Crippen MR) is 92.3 cm³/mol. The minimum Gasteiger partial charge on any atom is -0.338 e. The summed E-state index contributed by atoms with van der Waals surface area (Å²) in [5, 5.41) is 2.85. The second kappa shape index (κ2) is 8.12. The molecule has 130 valence electrons. The van der Waals surface area contributed by atoms with E-state index in [0.717, 1.165) is 17.7 Å². The number of thiophene rings is 1. The highest BCUT2D eigenvalue weighted by Crippen LogP contribution is 2.26. The van der Waals surface area contributed by atoms with Gasteiger partial charge in [0.05, 0.1) is 0 Å². The van der Waals surface area contributed by atoms with E-state index in [4.69, 9.17) is 0 Å². The summed E-state index contributed by atoms with van der Waals surface area (Å²) in [7, 11) is -3.45. The zero-order chi connectivity index (χ0) is 16.9. The number of carbonyl (C=O) groups excluding carboxylic acids is 1. The van der Waals surface area contributed by atoms with Crippen molar-refractivity contribution in [3.8, 4) is 0 Å². The van der Waals surface area contributed by atoms with Gasteiger partial charge >= 0.3 is 6.03 Å². The normalized spacial score (nSPS) is 17.0. The Hall–Kier alpha value is -1.12. The number of hydrogen-bond acceptors (Lipinski definition) is 4. The summed E-state index contributed by atoms with van der Waals surface area (Å²) in [6.45, 7) is 6.49. The van der Waals surface area contributed by atoms with Crippen molar-refractivity contribution in [1.29, 1.82) is 0 Å². The molecule has 0 radical (unpaired) electrons. The van der Waals surface area contributed by atoms with E-state index >= 15 is 0 Å². The van der Waals surface area contributed by atoms with E-state index in [1.807, 2.05) is 19.9 Å². The zero-order valence-corrected chi connectivity index (χ0v) is 15.4. The Morgan fingerprint density at radius 2 is 2.00 bits per heavy atom. The second-order valence-corrected chi connectivity index (χ2v) is 8.88. The van der Waals surface area contributed by atoms with Crippen LogP contribution >= 0.6 is 11.3 Å². The minimum absolute atomic E-state index is 0.101. The molecule has 0 unspecified atom stereocenters. The number of aryl methyl sites for hydroxylation is 1. The molecule has 1 N–H and O–H groups in total. The van der Waals surface area contributed by atoms with Gasteiger partial charge < -0.3 is 10.2 Å². The van der Waals surface area contributed by atoms with E-state index in [9.17, 15) is 13.2 Å². The molecule has 1 fully saturated rings. The summed E-state index contributed by atoms with van der Waals surface area (Å²) in [6.07, 6.45) is 2.38. The van der Waals surface area contributed by atoms with Gasteiger partial charge in [0.1, 0.15) is 4.21 Å². The van der Waals surface area contributed by atoms with Gasteiger partial charge in [-0.15, -0.1) is 11.3 Å². The van der Waals surface area contributed by atoms with Crippen molar-refractivity contribution < 1.29 is 13.2 Å². The Balaban J connectivity index is 2.03. The van der Waals surface area contributed by atoms with E-state index in [0.29, 0.717) is 43.4 Å². The molecule has 2 heterocycles. The average molecular weight is 360 g/mol. The van der Waals surface area contributed by atoms with Gasteiger partial charge in [0.15, 0.2) is 0 Å². The minimum atomic E-state index is -3.45. The van der Waals surface area contributed by atoms with Gasteiger partial charge in [0.25, 0.3) is 10.0 Å². The van der Waals surface area contributed by atoms with E-state index in [-0.39, 0.29) is 6.03 Å². The number of amides is 2. The van der Waals surface area contributed by atoms with Crippen molar-refractivity contribution in [3.05, 3.63) is 17.0 Å². The molecule has 1 aromatic rings. The summed E-state index contributed by atoms with van der Waals surface area (Å²) in [6, 6.07) is 3.46. The molecule has 1 aromatic heterocycles. The van der Waals surface area contributed by atoms with Crippen molar-refractivity contribution in [2.24, 2.45) is 0 Å². The fraction of sp³-hybridized carbons (Fsp3) is 0.667. The highest BCUT2D eigenvalue weighted by molar-refractivity contribution is 7.91. The number of hydrogen-bond donors (Lipinski definition) is 1. The largest absolute Gasteiger partial charge is 0.338 e. The highest BCUT2D eigenvalue weighted by atomic mass is 32.2. The monoisotopic (exact) mass is 359 g/mol. The molecule has 0 atom stereocenters. The molecule has 0 aliphatic carbocycles. The van der Waals surface area contributed by atoms with Crippen LogP contribution in [0.4, 0.5) is 4.79 Å². The zero-order valence-electron chi connectivity index (χ0n) is 13.7. The quantitative estimate of drug-likeness (QED) is 0.875. The summed E-state index contributed by atoms with van der Waals surface area (Å²) in [4.78, 5) is 14.8. The molecule has 8 heteroatoms. The molecule has 0 spiro atoms. The van der Waals surface area contributed by atoms with E-state index < -0.39 is 10.0 Å². The van der Waals surface area contributed by atoms with Crippen molar-refractivity contribution in [2.75, 3.05) is 32.7 Å². The first-order valence-corrected chi connectivity index (χ1v) is 10.4. The Morgan fingerprint density at radius 3 is 2.65 bits per heavy atom. The van der Waals surface area contributed by atoms with Gasteiger partial charge in [-0.25, -0.2) is 13.2 Å². The Labute approximate surface area is 142 Å². The SMILES string of the molecule is CCCNC(=O)N1CCCN(S(=O)(=O)c2ccc(CC)s2)CC1. The molecule has 1 aliphatic heterocycles. The standard InChI is InChI=1S/C15H25N3O3S2/c1-3-8-16-15(19)17-9-5-10-18(12-11-17)23(20,21)14-7-6-13(4-2)22-14/h6-7H,3-5,8-12H2,1-2H3,(H,16,19). The number of carbonyl (C=O) groups is 1. The molecule has 2 rings (SSSR count). The molecule has 0 aromatic carbocycles. The first-order chi connectivity index (χ1) is 11.0. The second-order valence-electron chi connectivity index (χ2n) is 5.55. The van der Waals surface area contributed by atoms with Crippen LogP contribution in [0, 0.1) is 0 Å². The van der Waals surface area contributed by atoms with Gasteiger partial charge in [-0.1, -0.05) is 13.8 Å². The van der Waals surface area contributed by atoms with Crippen LogP contribution in [0.25, 0.3) is 0 Å². The fourth-order valence-electron chi connectivity index (χ4n) is 2.50. The lowest BCUT2D eigenvalue weighted by atomic mass is 10.4. The summed E-state index contributed by atoms with van der Waals surface area (Å²) in [5.41, 5.74) is 0. The molecule has 23 heavy (non-hydrogen) atoms. The number of sulfonamides is 1. The average Bonchev–Trinajstić information content (AvgIpc) is 2.89. The van der Waals surface area contributed by atoms with Gasteiger partial charge in [0, 0.05) is 37.6 Å². The molecular weight excluding hydrogens is 334 g/mol. The van der Waals surface area contributed by atoms with Gasteiger partial charge in [-0.2, -0.15) is 4.31 Å². The molecule has 1 saturated heterocycles. The summed E-state index contributed by atoms with van der Waals surface area (Å²) in [5.74, 6) is 0. The fourth-order valence-corrected chi connectivity index (χ4v) is 5.41. The van der Waals surface area contributed by atoms with Crippen molar-refractivity contribution in [2.45, 2.75) is 37.3 Å². The third-order valence-electron chi connectivity index (χ3n) is 3.85. The van der Waals surface area contributed by atoms with E-state index in [1.54, 1.807) is 11.0 Å². The molecular formula is C15H25N3O3S2. The number of urea groups is 1. The van der Waals surface area contributed by atoms with Crippen LogP contribution in [0.5, 0.6) is 0 Å². The van der Waals surface area contributed by atoms with Crippen LogP contribution in [-0.2, 0) is 16.4 Å². The third-order valence-corrected chi connectivity index (χ3v) is 7.44. The number of rotatable bonds is 5. The van der Waals surface area contributed by atoms with Gasteiger partial charge in [0.2, 0.25) is 0 Å². The smallest absolute Gasteiger partial charge is 0.317 e. The molecule has 0 bridgehead atoms. The molecule has 1 aliphatic rings. The summed E-state index contributed by atoms with van der Waals surface area (Å²) >= 11 is 1.34. The van der Waals surface area contributed by atoms with Crippen LogP contribution in [0.2, 0.25) is 0 Å². The van der Waals surface area contributed by atoms with Gasteiger partial charge in [-0.05, 0) is 31.4 Å². The molecule has 6 nitrogen and oxygen atoms in total. The van der Waals surface area contributed by atoms with Crippen molar-refractivity contribution in [3.63, 3.8) is 0 Å². The van der Waals surface area contributed by atoms with E-state index in [2.05, 4.69) is 5.32 Å². The maximum Gasteiger partial charge on any atom is 0.317 e. The maximum absolute atomic E-state index is 12.7. The Kier molecular flexibility index (Phi) is 6.43. The Morgan fingerprint density at radius 1 is 1.22 bits per heavy atom. The lowest BCUT2D eigenvalue weighted by Gasteiger charge is -2.21. The van der Waals surface area contributed by atoms with Crippen molar-refractivity contribution >= 4 is 27.4 Å². The van der Waals surface area contributed by atoms with E-state index in [1.165, 1.54) is 15.6 Å². The van der Waals surface area contributed by atoms with Crippen molar-refractivity contribution in [1.82, 2.24) is 14.5 Å². The summed E-state index contributed by atoms with van der Waals surface area (Å²) < 4.78 is 27.4. The molecule has 0 saturated carbocycles. The van der Waals surface area contributed by atoms with Crippen LogP contribution < -0.4 is 5.32 Å². The number of nitrogens with one attached hydrogen (secondary N) is 1. The lowest BCUT2D eigenvalue weighted by molar-refractivity contribution is 0.200. The Bertz CT molecular complexity index is 628. The third kappa shape index (κ3) is 4.45. The highest BCUT2D eigenvalue weighted by Gasteiger charge is 2.29. The van der Waals surface area contributed by atoms with Crippen LogP contribution in [0.15, 0.2) is 16.3 Å². The maximum atomic E-state index is 12.7. The van der Waals surface area contributed by atoms with Crippen LogP contribution in [0.3, 0.4) is 0 Å². The topological polar surface area (TPSA) is 69.7 Å². The predicted octanol–water partition coefficient (Wildman–Crippen LogP) is 2.13. The molecule has 2 amide bonds.